The number of halogens is 1. The van der Waals surface area contributed by atoms with Gasteiger partial charge < -0.3 is 9.84 Å². The standard InChI is InChI=1S/C3H6BrNO4/c1-9-3(4,2-6)5(7)8/h6H,2H2,1H3. The molecule has 9 heavy (non-hydrogen) atoms. The second-order valence-electron chi connectivity index (χ2n) is 1.31. The van der Waals surface area contributed by atoms with Gasteiger partial charge in [0.2, 0.25) is 0 Å². The molecule has 0 fully saturated rings. The zero-order valence-corrected chi connectivity index (χ0v) is 6.29. The first-order valence-electron chi connectivity index (χ1n) is 2.06. The van der Waals surface area contributed by atoms with Crippen molar-refractivity contribution in [2.24, 2.45) is 0 Å². The molecule has 0 radical (unpaired) electrons. The van der Waals surface area contributed by atoms with Gasteiger partial charge in [-0.3, -0.25) is 10.1 Å². The zero-order valence-electron chi connectivity index (χ0n) is 4.70. The van der Waals surface area contributed by atoms with Crippen molar-refractivity contribution in [2.75, 3.05) is 13.7 Å². The summed E-state index contributed by atoms with van der Waals surface area (Å²) in [6, 6.07) is 0. The van der Waals surface area contributed by atoms with Gasteiger partial charge in [0.05, 0.1) is 4.92 Å². The van der Waals surface area contributed by atoms with Crippen LogP contribution in [0.15, 0.2) is 0 Å². The maximum atomic E-state index is 9.96. The number of nitrogens with zero attached hydrogens (tertiary/aromatic N) is 1. The van der Waals surface area contributed by atoms with Crippen LogP contribution in [0, 0.1) is 10.1 Å². The summed E-state index contributed by atoms with van der Waals surface area (Å²) in [6.07, 6.45) is 0. The Labute approximate surface area is 59.9 Å². The van der Waals surface area contributed by atoms with Gasteiger partial charge in [-0.05, 0) is 0 Å². The first-order valence-corrected chi connectivity index (χ1v) is 2.85. The van der Waals surface area contributed by atoms with E-state index < -0.39 is 16.2 Å². The summed E-state index contributed by atoms with van der Waals surface area (Å²) in [5.74, 6) is 0. The van der Waals surface area contributed by atoms with E-state index in [1.54, 1.807) is 0 Å². The molecule has 0 aromatic rings. The van der Waals surface area contributed by atoms with Crippen molar-refractivity contribution in [1.29, 1.82) is 0 Å². The van der Waals surface area contributed by atoms with Crippen LogP contribution in [0.4, 0.5) is 0 Å². The number of aliphatic hydroxyl groups excluding tert-OH is 1. The van der Waals surface area contributed by atoms with Crippen LogP contribution in [0.1, 0.15) is 0 Å². The SMILES string of the molecule is COC(Br)(CO)[N+](=O)[O-]. The van der Waals surface area contributed by atoms with Gasteiger partial charge in [-0.2, -0.15) is 0 Å². The monoisotopic (exact) mass is 199 g/mol. The lowest BCUT2D eigenvalue weighted by atomic mass is 10.6. The molecule has 54 valence electrons. The molecule has 0 aromatic carbocycles. The first kappa shape index (κ1) is 8.80. The van der Waals surface area contributed by atoms with Gasteiger partial charge in [-0.1, -0.05) is 0 Å². The fraction of sp³-hybridized carbons (Fsp3) is 1.00. The van der Waals surface area contributed by atoms with Crippen molar-refractivity contribution >= 4 is 15.9 Å². The summed E-state index contributed by atoms with van der Waals surface area (Å²) in [4.78, 5) is 9.20. The van der Waals surface area contributed by atoms with Gasteiger partial charge in [0.15, 0.2) is 6.61 Å². The minimum absolute atomic E-state index is 0.698. The van der Waals surface area contributed by atoms with Gasteiger partial charge in [-0.15, -0.1) is 0 Å². The van der Waals surface area contributed by atoms with Crippen molar-refractivity contribution in [3.63, 3.8) is 0 Å². The molecular formula is C3H6BrNO4. The maximum Gasteiger partial charge on any atom is 0.403 e. The van der Waals surface area contributed by atoms with E-state index in [4.69, 9.17) is 5.11 Å². The number of methoxy groups -OCH3 is 1. The third-order valence-electron chi connectivity index (χ3n) is 0.780. The fourth-order valence-corrected chi connectivity index (χ4v) is 0.197. The molecule has 0 spiro atoms. The van der Waals surface area contributed by atoms with E-state index >= 15 is 0 Å². The van der Waals surface area contributed by atoms with Crippen LogP contribution in [0.3, 0.4) is 0 Å². The zero-order chi connectivity index (χ0) is 7.49. The highest BCUT2D eigenvalue weighted by Crippen LogP contribution is 2.17. The smallest absolute Gasteiger partial charge is 0.385 e. The number of alkyl halides is 1. The van der Waals surface area contributed by atoms with Crippen LogP contribution in [-0.2, 0) is 4.74 Å². The molecule has 0 saturated carbocycles. The van der Waals surface area contributed by atoms with E-state index in [2.05, 4.69) is 20.7 Å². The van der Waals surface area contributed by atoms with Crippen LogP contribution in [0.2, 0.25) is 0 Å². The van der Waals surface area contributed by atoms with Gasteiger partial charge in [0.1, 0.15) is 0 Å². The first-order chi connectivity index (χ1) is 4.06. The van der Waals surface area contributed by atoms with Crippen LogP contribution in [-0.4, -0.2) is 28.4 Å². The largest absolute Gasteiger partial charge is 0.403 e. The van der Waals surface area contributed by atoms with Crippen molar-refractivity contribution in [3.05, 3.63) is 10.1 Å². The molecule has 0 amide bonds. The lowest BCUT2D eigenvalue weighted by Gasteiger charge is -2.12. The Morgan fingerprint density at radius 3 is 2.44 bits per heavy atom. The molecule has 0 aromatic heterocycles. The molecule has 0 heterocycles. The van der Waals surface area contributed by atoms with E-state index in [-0.39, 0.29) is 0 Å². The van der Waals surface area contributed by atoms with Crippen LogP contribution in [0.25, 0.3) is 0 Å². The Morgan fingerprint density at radius 2 is 2.44 bits per heavy atom. The van der Waals surface area contributed by atoms with Crippen molar-refractivity contribution in [1.82, 2.24) is 0 Å². The van der Waals surface area contributed by atoms with E-state index in [1.165, 1.54) is 0 Å². The molecule has 1 unspecified atom stereocenters. The van der Waals surface area contributed by atoms with Crippen LogP contribution >= 0.6 is 15.9 Å². The highest BCUT2D eigenvalue weighted by Gasteiger charge is 2.38. The number of ether oxygens (including phenoxy) is 1. The van der Waals surface area contributed by atoms with Gasteiger partial charge in [-0.25, -0.2) is 0 Å². The molecule has 1 N–H and O–H groups in total. The highest BCUT2D eigenvalue weighted by molar-refractivity contribution is 9.09. The van der Waals surface area contributed by atoms with E-state index in [9.17, 15) is 10.1 Å². The summed E-state index contributed by atoms with van der Waals surface area (Å²) >= 11 is 2.58. The molecule has 6 heteroatoms. The Kier molecular flexibility index (Phi) is 3.02. The van der Waals surface area contributed by atoms with Crippen molar-refractivity contribution in [3.8, 4) is 0 Å². The average Bonchev–Trinajstić information content (AvgIpc) is 1.86. The second kappa shape index (κ2) is 3.09. The number of hydrogen-bond donors (Lipinski definition) is 1. The number of nitro groups is 1. The maximum absolute atomic E-state index is 9.96. The fourth-order valence-electron chi connectivity index (χ4n) is 0.197. The molecule has 0 aliphatic heterocycles. The van der Waals surface area contributed by atoms with E-state index in [0.29, 0.717) is 0 Å². The normalized spacial score (nSPS) is 16.8. The Balaban J connectivity index is 4.09. The van der Waals surface area contributed by atoms with Gasteiger partial charge in [0, 0.05) is 23.0 Å². The van der Waals surface area contributed by atoms with Crippen LogP contribution in [0.5, 0.6) is 0 Å². The summed E-state index contributed by atoms with van der Waals surface area (Å²) in [6.45, 7) is -0.698. The minimum atomic E-state index is -1.83. The summed E-state index contributed by atoms with van der Waals surface area (Å²) in [5, 5.41) is 18.3. The number of aliphatic hydroxyl groups is 1. The molecule has 0 aliphatic rings. The average molecular weight is 200 g/mol. The molecule has 0 saturated heterocycles. The summed E-state index contributed by atoms with van der Waals surface area (Å²) in [5.41, 5.74) is 0. The van der Waals surface area contributed by atoms with E-state index in [1.807, 2.05) is 0 Å². The molecule has 1 atom stereocenters. The summed E-state index contributed by atoms with van der Waals surface area (Å²) < 4.78 is 2.49. The predicted octanol–water partition coefficient (Wildman–Crippen LogP) is -0.0495. The third kappa shape index (κ3) is 1.88. The molecule has 5 nitrogen and oxygen atoms in total. The minimum Gasteiger partial charge on any atom is -0.385 e. The molecule has 0 rings (SSSR count). The predicted molar refractivity (Wildman–Crippen MR) is 32.7 cm³/mol. The lowest BCUT2D eigenvalue weighted by Crippen LogP contribution is -2.37. The van der Waals surface area contributed by atoms with Crippen LogP contribution < -0.4 is 0 Å². The Bertz CT molecular complexity index is 112. The second-order valence-corrected chi connectivity index (χ2v) is 2.55. The van der Waals surface area contributed by atoms with Gasteiger partial charge in [0.25, 0.3) is 0 Å². The van der Waals surface area contributed by atoms with Crippen molar-refractivity contribution in [2.45, 2.75) is 4.63 Å². The van der Waals surface area contributed by atoms with Gasteiger partial charge >= 0.3 is 4.63 Å². The summed E-state index contributed by atoms with van der Waals surface area (Å²) in [7, 11) is 1.13. The quantitative estimate of drug-likeness (QED) is 0.228. The Hall–Kier alpha value is -0.200. The van der Waals surface area contributed by atoms with E-state index in [0.717, 1.165) is 7.11 Å². The molecule has 0 aliphatic carbocycles. The molecule has 0 bridgehead atoms. The highest BCUT2D eigenvalue weighted by atomic mass is 79.9. The van der Waals surface area contributed by atoms with Crippen molar-refractivity contribution < 1.29 is 14.8 Å². The number of hydrogen-bond acceptors (Lipinski definition) is 4. The third-order valence-corrected chi connectivity index (χ3v) is 1.64. The lowest BCUT2D eigenvalue weighted by molar-refractivity contribution is -0.591. The number of rotatable bonds is 3. The topological polar surface area (TPSA) is 72.6 Å². The Morgan fingerprint density at radius 1 is 2.00 bits per heavy atom. The molecular weight excluding hydrogens is 194 g/mol.